The number of hydrogen-bond donors (Lipinski definition) is 1. The maximum absolute atomic E-state index is 12.5. The average molecular weight is 415 g/mol. The summed E-state index contributed by atoms with van der Waals surface area (Å²) in [5, 5.41) is 7.51. The molecule has 1 N–H and O–H groups in total. The smallest absolute Gasteiger partial charge is 0.391 e. The Morgan fingerprint density at radius 2 is 1.50 bits per heavy atom. The molecular weight excluding hydrogens is 386 g/mol. The molecule has 2 aromatic heterocycles. The van der Waals surface area contributed by atoms with Crippen molar-refractivity contribution in [3.05, 3.63) is 11.6 Å². The van der Waals surface area contributed by atoms with Gasteiger partial charge in [-0.2, -0.15) is 4.98 Å². The zero-order chi connectivity index (χ0) is 21.3. The van der Waals surface area contributed by atoms with Crippen LogP contribution in [0.25, 0.3) is 11.0 Å². The lowest BCUT2D eigenvalue weighted by atomic mass is 10.00. The van der Waals surface area contributed by atoms with Crippen LogP contribution in [0.15, 0.2) is 6.07 Å². The van der Waals surface area contributed by atoms with Crippen LogP contribution in [0.2, 0.25) is 0 Å². The lowest BCUT2D eigenvalue weighted by Crippen LogP contribution is -2.39. The first kappa shape index (κ1) is 20.4. The lowest BCUT2D eigenvalue weighted by Gasteiger charge is -2.29. The number of carbonyl (C=O) groups excluding carboxylic acids is 2. The molecule has 9 heteroatoms. The van der Waals surface area contributed by atoms with Crippen LogP contribution in [-0.4, -0.2) is 63.3 Å². The van der Waals surface area contributed by atoms with Gasteiger partial charge in [0, 0.05) is 32.2 Å². The number of nitrogens with zero attached hydrogens (tertiary/aromatic N) is 4. The average Bonchev–Trinajstić information content (AvgIpc) is 3.12. The largest absolute Gasteiger partial charge is 0.416 e. The summed E-state index contributed by atoms with van der Waals surface area (Å²) >= 11 is 0. The second-order valence-electron chi connectivity index (χ2n) is 8.60. The van der Waals surface area contributed by atoms with Gasteiger partial charge in [0.25, 0.3) is 5.88 Å². The van der Waals surface area contributed by atoms with E-state index >= 15 is 0 Å². The highest BCUT2D eigenvalue weighted by Crippen LogP contribution is 2.29. The van der Waals surface area contributed by atoms with Crippen LogP contribution in [0, 0.1) is 18.8 Å². The van der Waals surface area contributed by atoms with Gasteiger partial charge >= 0.3 is 12.2 Å². The fraction of sp³-hybridized carbons (Fsp3) is 0.619. The van der Waals surface area contributed by atoms with Gasteiger partial charge < -0.3 is 19.3 Å². The van der Waals surface area contributed by atoms with Crippen LogP contribution in [0.5, 0.6) is 11.8 Å². The van der Waals surface area contributed by atoms with Crippen LogP contribution in [0.3, 0.4) is 0 Å². The van der Waals surface area contributed by atoms with Crippen LogP contribution in [0.1, 0.15) is 45.1 Å². The third-order valence-corrected chi connectivity index (χ3v) is 6.13. The van der Waals surface area contributed by atoms with E-state index in [0.717, 1.165) is 31.2 Å². The lowest BCUT2D eigenvalue weighted by molar-refractivity contribution is 0.131. The van der Waals surface area contributed by atoms with E-state index in [1.807, 2.05) is 6.92 Å². The van der Waals surface area contributed by atoms with Crippen LogP contribution in [-0.2, 0) is 0 Å². The van der Waals surface area contributed by atoms with Crippen molar-refractivity contribution in [2.45, 2.75) is 46.5 Å². The van der Waals surface area contributed by atoms with Crippen LogP contribution >= 0.6 is 0 Å². The maximum Gasteiger partial charge on any atom is 0.416 e. The molecule has 4 heterocycles. The highest BCUT2D eigenvalue weighted by atomic mass is 16.6. The molecule has 2 aliphatic heterocycles. The number of piperidine rings is 2. The van der Waals surface area contributed by atoms with Crippen molar-refractivity contribution in [2.75, 3.05) is 26.2 Å². The van der Waals surface area contributed by atoms with Gasteiger partial charge in [-0.15, -0.1) is 5.10 Å². The number of aryl methyl sites for hydroxylation is 1. The Morgan fingerprint density at radius 1 is 0.967 bits per heavy atom. The Labute approximate surface area is 175 Å². The number of rotatable bonds is 2. The summed E-state index contributed by atoms with van der Waals surface area (Å²) < 4.78 is 11.0. The first-order valence-electron chi connectivity index (χ1n) is 10.7. The number of aromatic nitrogens is 3. The van der Waals surface area contributed by atoms with Crippen molar-refractivity contribution in [2.24, 2.45) is 11.8 Å². The Balaban J connectivity index is 1.45. The van der Waals surface area contributed by atoms with Gasteiger partial charge in [0.2, 0.25) is 5.88 Å². The molecule has 0 aromatic carbocycles. The van der Waals surface area contributed by atoms with E-state index in [4.69, 9.17) is 9.47 Å². The maximum atomic E-state index is 12.5. The third-order valence-electron chi connectivity index (χ3n) is 6.13. The van der Waals surface area contributed by atoms with Gasteiger partial charge in [-0.25, -0.2) is 9.59 Å². The molecule has 30 heavy (non-hydrogen) atoms. The zero-order valence-electron chi connectivity index (χ0n) is 17.8. The normalized spacial score (nSPS) is 18.6. The molecule has 4 rings (SSSR count). The monoisotopic (exact) mass is 415 g/mol. The van der Waals surface area contributed by atoms with Crippen molar-refractivity contribution < 1.29 is 19.1 Å². The number of likely N-dealkylation sites (tertiary alicyclic amines) is 2. The first-order valence-corrected chi connectivity index (χ1v) is 10.7. The molecule has 0 unspecified atom stereocenters. The second-order valence-corrected chi connectivity index (χ2v) is 8.60. The van der Waals surface area contributed by atoms with Gasteiger partial charge in [-0.1, -0.05) is 13.8 Å². The number of hydrogen-bond acceptors (Lipinski definition) is 6. The van der Waals surface area contributed by atoms with Crippen LogP contribution < -0.4 is 9.47 Å². The Hall–Kier alpha value is -2.84. The van der Waals surface area contributed by atoms with Crippen LogP contribution in [0.4, 0.5) is 9.59 Å². The second kappa shape index (κ2) is 8.49. The quantitative estimate of drug-likeness (QED) is 0.802. The van der Waals surface area contributed by atoms with Crippen molar-refractivity contribution in [3.63, 3.8) is 0 Å². The number of aromatic amines is 1. The summed E-state index contributed by atoms with van der Waals surface area (Å²) in [6, 6.07) is 1.67. The van der Waals surface area contributed by atoms with E-state index in [1.54, 1.807) is 15.9 Å². The minimum atomic E-state index is -0.399. The third kappa shape index (κ3) is 4.34. The first-order chi connectivity index (χ1) is 14.4. The molecule has 162 valence electrons. The minimum Gasteiger partial charge on any atom is -0.391 e. The van der Waals surface area contributed by atoms with Gasteiger partial charge in [-0.05, 0) is 50.0 Å². The molecule has 2 amide bonds. The molecule has 2 saturated heterocycles. The molecule has 0 spiro atoms. The SMILES string of the molecule is Cc1cc(OC(=O)N2CCC(C)CC2)nc2[nH]nc(OC(=O)N3CCC(C)CC3)c12. The number of H-pyrrole nitrogens is 1. The molecule has 2 aromatic rings. The molecule has 0 radical (unpaired) electrons. The molecule has 0 bridgehead atoms. The van der Waals surface area contributed by atoms with Crippen molar-refractivity contribution in [3.8, 4) is 11.8 Å². The van der Waals surface area contributed by atoms with Crippen molar-refractivity contribution >= 4 is 23.2 Å². The zero-order valence-corrected chi connectivity index (χ0v) is 17.8. The Morgan fingerprint density at radius 3 is 2.07 bits per heavy atom. The standard InChI is InChI=1S/C21H29N5O4/c1-13-4-8-25(9-5-13)20(27)29-16-12-15(3)17-18(22-16)23-24-19(17)30-21(28)26-10-6-14(2)7-11-26/h12-14H,4-11H2,1-3H3,(H,22,23,24). The predicted molar refractivity (Wildman–Crippen MR) is 111 cm³/mol. The Bertz CT molecular complexity index is 927. The molecule has 0 saturated carbocycles. The van der Waals surface area contributed by atoms with E-state index in [9.17, 15) is 9.59 Å². The minimum absolute atomic E-state index is 0.196. The van der Waals surface area contributed by atoms with E-state index in [1.165, 1.54) is 0 Å². The number of nitrogens with one attached hydrogen (secondary N) is 1. The predicted octanol–water partition coefficient (Wildman–Crippen LogP) is 3.73. The number of pyridine rings is 1. The van der Waals surface area contributed by atoms with Crippen molar-refractivity contribution in [1.29, 1.82) is 0 Å². The number of ether oxygens (including phenoxy) is 2. The van der Waals surface area contributed by atoms with E-state index in [-0.39, 0.29) is 11.8 Å². The molecule has 2 fully saturated rings. The van der Waals surface area contributed by atoms with Gasteiger partial charge in [-0.3, -0.25) is 5.10 Å². The topological polar surface area (TPSA) is 101 Å². The summed E-state index contributed by atoms with van der Waals surface area (Å²) in [6.45, 7) is 9.00. The Kier molecular flexibility index (Phi) is 5.78. The summed E-state index contributed by atoms with van der Waals surface area (Å²) in [4.78, 5) is 32.7. The van der Waals surface area contributed by atoms with Gasteiger partial charge in [0.15, 0.2) is 5.65 Å². The summed E-state index contributed by atoms with van der Waals surface area (Å²) in [5.41, 5.74) is 1.18. The van der Waals surface area contributed by atoms with E-state index in [0.29, 0.717) is 49.0 Å². The molecule has 0 aliphatic carbocycles. The highest BCUT2D eigenvalue weighted by molar-refractivity contribution is 5.87. The highest BCUT2D eigenvalue weighted by Gasteiger charge is 2.25. The van der Waals surface area contributed by atoms with Gasteiger partial charge in [0.1, 0.15) is 0 Å². The number of fused-ring (bicyclic) bond motifs is 1. The van der Waals surface area contributed by atoms with Gasteiger partial charge in [0.05, 0.1) is 5.39 Å². The fourth-order valence-electron chi connectivity index (χ4n) is 3.96. The molecule has 2 aliphatic rings. The molecule has 0 atom stereocenters. The fourth-order valence-corrected chi connectivity index (χ4v) is 3.96. The van der Waals surface area contributed by atoms with E-state index in [2.05, 4.69) is 29.0 Å². The number of amides is 2. The van der Waals surface area contributed by atoms with E-state index < -0.39 is 12.2 Å². The summed E-state index contributed by atoms with van der Waals surface area (Å²) in [7, 11) is 0. The number of carbonyl (C=O) groups is 2. The molecule has 9 nitrogen and oxygen atoms in total. The summed E-state index contributed by atoms with van der Waals surface area (Å²) in [5.74, 6) is 1.66. The molecular formula is C21H29N5O4. The van der Waals surface area contributed by atoms with Crippen molar-refractivity contribution in [1.82, 2.24) is 25.0 Å². The summed E-state index contributed by atoms with van der Waals surface area (Å²) in [6.07, 6.45) is 3.11.